The minimum absolute atomic E-state index is 0.0231. The number of likely N-dealkylation sites (tertiary alicyclic amines) is 1. The Morgan fingerprint density at radius 2 is 1.66 bits per heavy atom. The minimum atomic E-state index is -4.58. The number of carbonyl (C=O) groups is 3. The van der Waals surface area contributed by atoms with Gasteiger partial charge >= 0.3 is 6.18 Å². The second kappa shape index (κ2) is 15.7. The first-order chi connectivity index (χ1) is 29.2. The molecule has 0 unspecified atom stereocenters. The molecule has 328 valence electrons. The number of amides is 2. The lowest BCUT2D eigenvalue weighted by molar-refractivity contribution is -0.144. The first-order valence-electron chi connectivity index (χ1n) is 20.5. The van der Waals surface area contributed by atoms with Gasteiger partial charge in [0.15, 0.2) is 11.6 Å². The predicted molar refractivity (Wildman–Crippen MR) is 218 cm³/mol. The first-order valence-corrected chi connectivity index (χ1v) is 22.1. The number of ketones is 1. The van der Waals surface area contributed by atoms with Crippen LogP contribution in [0.5, 0.6) is 5.88 Å². The topological polar surface area (TPSA) is 149 Å². The number of benzene rings is 3. The average molecular weight is 881 g/mol. The van der Waals surface area contributed by atoms with Crippen molar-refractivity contribution < 1.29 is 53.9 Å². The number of rotatable bonds is 13. The van der Waals surface area contributed by atoms with Gasteiger partial charge in [0.1, 0.15) is 28.8 Å². The molecule has 1 aliphatic heterocycles. The van der Waals surface area contributed by atoms with Crippen molar-refractivity contribution in [3.8, 4) is 17.3 Å². The maximum atomic E-state index is 14.9. The molecule has 62 heavy (non-hydrogen) atoms. The maximum Gasteiger partial charge on any atom is 0.416 e. The maximum absolute atomic E-state index is 14.9. The summed E-state index contributed by atoms with van der Waals surface area (Å²) in [7, 11) is -3.93. The van der Waals surface area contributed by atoms with Crippen LogP contribution in [0.25, 0.3) is 33.5 Å². The molecule has 2 aromatic heterocycles. The lowest BCUT2D eigenvalue weighted by atomic mass is 9.76. The molecule has 2 amide bonds. The number of hydrogen-bond donors (Lipinski definition) is 1. The van der Waals surface area contributed by atoms with E-state index in [1.165, 1.54) is 17.0 Å². The zero-order chi connectivity index (χ0) is 44.5. The van der Waals surface area contributed by atoms with E-state index in [2.05, 4.69) is 14.7 Å². The van der Waals surface area contributed by atoms with E-state index < -0.39 is 85.1 Å². The summed E-state index contributed by atoms with van der Waals surface area (Å²) in [6.45, 7) is 7.06. The molecule has 3 aliphatic rings. The van der Waals surface area contributed by atoms with Crippen molar-refractivity contribution in [2.24, 2.45) is 22.7 Å². The number of carbonyl (C=O) groups excluding carboxylic acids is 3. The van der Waals surface area contributed by atoms with Crippen LogP contribution < -0.4 is 9.46 Å². The van der Waals surface area contributed by atoms with Gasteiger partial charge in [-0.1, -0.05) is 58.4 Å². The van der Waals surface area contributed by atoms with Crippen LogP contribution in [0.4, 0.5) is 22.0 Å². The van der Waals surface area contributed by atoms with E-state index in [-0.39, 0.29) is 66.6 Å². The summed E-state index contributed by atoms with van der Waals surface area (Å²) in [5, 5.41) is -0.0947. The lowest BCUT2D eigenvalue weighted by Gasteiger charge is -2.35. The van der Waals surface area contributed by atoms with E-state index in [1.54, 1.807) is 45.0 Å². The fourth-order valence-electron chi connectivity index (χ4n) is 8.71. The van der Waals surface area contributed by atoms with E-state index in [0.29, 0.717) is 35.7 Å². The molecule has 8 rings (SSSR count). The van der Waals surface area contributed by atoms with Gasteiger partial charge < -0.3 is 14.1 Å². The molecule has 3 fully saturated rings. The van der Waals surface area contributed by atoms with E-state index in [9.17, 15) is 44.8 Å². The highest BCUT2D eigenvalue weighted by atomic mass is 32.2. The molecule has 1 N–H and O–H groups in total. The summed E-state index contributed by atoms with van der Waals surface area (Å²) in [6.07, 6.45) is -4.40. The third kappa shape index (κ3) is 8.51. The third-order valence-corrected chi connectivity index (χ3v) is 14.2. The van der Waals surface area contributed by atoms with Crippen molar-refractivity contribution in [3.63, 3.8) is 0 Å². The average Bonchev–Trinajstić information content (AvgIpc) is 4.10. The Morgan fingerprint density at radius 1 is 0.984 bits per heavy atom. The second-order valence-corrected chi connectivity index (χ2v) is 19.8. The van der Waals surface area contributed by atoms with Crippen LogP contribution in [0, 0.1) is 34.3 Å². The summed E-state index contributed by atoms with van der Waals surface area (Å²) in [5.41, 5.74) is -1.65. The summed E-state index contributed by atoms with van der Waals surface area (Å²) in [5.74, 6) is -4.65. The van der Waals surface area contributed by atoms with Gasteiger partial charge in [-0.25, -0.2) is 22.2 Å². The number of furan rings is 1. The molecular weight excluding hydrogens is 836 g/mol. The van der Waals surface area contributed by atoms with Gasteiger partial charge in [0.25, 0.3) is 5.88 Å². The van der Waals surface area contributed by atoms with Crippen LogP contribution in [-0.4, -0.2) is 64.8 Å². The zero-order valence-corrected chi connectivity index (χ0v) is 35.2. The normalized spacial score (nSPS) is 22.2. The number of halogens is 5. The zero-order valence-electron chi connectivity index (χ0n) is 34.4. The van der Waals surface area contributed by atoms with Crippen LogP contribution in [0.1, 0.15) is 77.3 Å². The van der Waals surface area contributed by atoms with E-state index in [1.807, 2.05) is 6.92 Å². The van der Waals surface area contributed by atoms with Crippen LogP contribution in [0.15, 0.2) is 71.1 Å². The number of nitrogens with one attached hydrogen (secondary N) is 1. The van der Waals surface area contributed by atoms with Gasteiger partial charge in [-0.2, -0.15) is 18.2 Å². The number of sulfonamides is 1. The van der Waals surface area contributed by atoms with Crippen molar-refractivity contribution in [3.05, 3.63) is 89.5 Å². The molecule has 1 saturated heterocycles. The fourth-order valence-corrected chi connectivity index (χ4v) is 10.1. The Hall–Kier alpha value is -5.45. The molecule has 2 aliphatic carbocycles. The first kappa shape index (κ1) is 43.2. The SMILES string of the molecule is CC[C@@H]1C[C@]1(CC(=O)[C@@H]1C[C@@H](Oc2nc(-c3ccc(C(F)(F)F)cc3)nc3c2oc2ccccc23)CN1C(=O)[C@@H](Cc1cc(F)cc(F)c1)C(C)(C)C)C(=O)NS(=O)(=O)C1CC1. The monoisotopic (exact) mass is 880 g/mol. The summed E-state index contributed by atoms with van der Waals surface area (Å²) in [6, 6.07) is 13.1. The minimum Gasteiger partial charge on any atom is -0.470 e. The summed E-state index contributed by atoms with van der Waals surface area (Å²) in [4.78, 5) is 53.9. The van der Waals surface area contributed by atoms with Crippen molar-refractivity contribution in [2.75, 3.05) is 6.54 Å². The van der Waals surface area contributed by atoms with Gasteiger partial charge in [-0.05, 0) is 79.0 Å². The Morgan fingerprint density at radius 3 is 2.27 bits per heavy atom. The molecule has 5 atom stereocenters. The van der Waals surface area contributed by atoms with E-state index in [0.717, 1.165) is 30.3 Å². The highest BCUT2D eigenvalue weighted by Crippen LogP contribution is 2.58. The molecule has 5 aromatic rings. The predicted octanol–water partition coefficient (Wildman–Crippen LogP) is 8.58. The highest BCUT2D eigenvalue weighted by molar-refractivity contribution is 7.90. The highest BCUT2D eigenvalue weighted by Gasteiger charge is 2.62. The van der Waals surface area contributed by atoms with Gasteiger partial charge in [0, 0.05) is 35.8 Å². The van der Waals surface area contributed by atoms with E-state index >= 15 is 0 Å². The molecule has 0 bridgehead atoms. The molecule has 0 radical (unpaired) electrons. The largest absolute Gasteiger partial charge is 0.470 e. The number of aromatic nitrogens is 2. The second-order valence-electron chi connectivity index (χ2n) is 17.9. The molecule has 17 heteroatoms. The van der Waals surface area contributed by atoms with Crippen LogP contribution in [-0.2, 0) is 37.0 Å². The molecule has 3 heterocycles. The van der Waals surface area contributed by atoms with Crippen molar-refractivity contribution in [2.45, 2.75) is 96.2 Å². The van der Waals surface area contributed by atoms with Crippen molar-refractivity contribution in [1.82, 2.24) is 19.6 Å². The van der Waals surface area contributed by atoms with Gasteiger partial charge in [0.05, 0.1) is 28.8 Å². The standard InChI is InChI=1S/C45H45F5N4O7S/c1-5-26-21-44(26,42(57)53-62(58,59)31-14-15-31)22-35(55)34-20-30(23-54(34)41(56)33(43(2,3)4)18-24-16-28(46)19-29(47)17-24)60-40-38-37(32-8-6-7-9-36(32)61-38)51-39(52-40)25-10-12-27(13-11-25)45(48,49)50/h6-13,16-17,19,26,30-31,33-34H,5,14-15,18,20-23H2,1-4H3,(H,53,57)/t26-,30-,33-,34+,44-/m1/s1. The van der Waals surface area contributed by atoms with Crippen molar-refractivity contribution in [1.29, 1.82) is 0 Å². The van der Waals surface area contributed by atoms with Gasteiger partial charge in [-0.15, -0.1) is 0 Å². The Balaban J connectivity index is 1.16. The lowest BCUT2D eigenvalue weighted by Crippen LogP contribution is -2.48. The summed E-state index contributed by atoms with van der Waals surface area (Å²) < 4.78 is 110. The smallest absolute Gasteiger partial charge is 0.416 e. The van der Waals surface area contributed by atoms with Crippen LogP contribution >= 0.6 is 0 Å². The molecule has 0 spiro atoms. The van der Waals surface area contributed by atoms with Crippen molar-refractivity contribution >= 4 is 49.7 Å². The summed E-state index contributed by atoms with van der Waals surface area (Å²) >= 11 is 0. The number of hydrogen-bond acceptors (Lipinski definition) is 9. The Labute approximate surface area is 354 Å². The molecule has 3 aromatic carbocycles. The van der Waals surface area contributed by atoms with Gasteiger partial charge in [-0.3, -0.25) is 19.1 Å². The number of nitrogens with zero attached hydrogens (tertiary/aromatic N) is 3. The third-order valence-electron chi connectivity index (χ3n) is 12.4. The van der Waals surface area contributed by atoms with E-state index in [4.69, 9.17) is 9.15 Å². The van der Waals surface area contributed by atoms with Crippen LogP contribution in [0.2, 0.25) is 0 Å². The number of alkyl halides is 3. The van der Waals surface area contributed by atoms with Crippen LogP contribution in [0.3, 0.4) is 0 Å². The van der Waals surface area contributed by atoms with Gasteiger partial charge in [0.2, 0.25) is 27.4 Å². The Bertz CT molecular complexity index is 2670. The number of Topliss-reactive ketones (excluding diaryl/α,β-unsaturated/α-hetero) is 1. The molecular formula is C45H45F5N4O7S. The number of ether oxygens (including phenoxy) is 1. The quantitative estimate of drug-likeness (QED) is 0.115. The Kier molecular flexibility index (Phi) is 11.0. The number of para-hydroxylation sites is 1. The molecule has 2 saturated carbocycles. The number of fused-ring (bicyclic) bond motifs is 3. The molecule has 11 nitrogen and oxygen atoms in total. The fraction of sp³-hybridized carbons (Fsp3) is 0.444.